The minimum atomic E-state index is -1.03. The number of nitrogens with zero attached hydrogens (tertiary/aromatic N) is 3. The molecule has 10 heteroatoms. The molecule has 0 unspecified atom stereocenters. The summed E-state index contributed by atoms with van der Waals surface area (Å²) in [4.78, 5) is 16.9. The Hall–Kier alpha value is -3.44. The number of hydrogen-bond donors (Lipinski definition) is 5. The van der Waals surface area contributed by atoms with Crippen LogP contribution in [-0.2, 0) is 0 Å². The molecule has 4 atom stereocenters. The van der Waals surface area contributed by atoms with Crippen molar-refractivity contribution in [1.29, 1.82) is 0 Å². The second-order valence-corrected chi connectivity index (χ2v) is 9.05. The maximum absolute atomic E-state index is 10.5. The molecule has 6 N–H and O–H groups in total. The lowest BCUT2D eigenvalue weighted by Gasteiger charge is -2.20. The van der Waals surface area contributed by atoms with E-state index in [4.69, 9.17) is 4.98 Å². The van der Waals surface area contributed by atoms with Crippen LogP contribution in [0.1, 0.15) is 6.42 Å². The lowest BCUT2D eigenvalue weighted by molar-refractivity contribution is -0.377. The van der Waals surface area contributed by atoms with E-state index >= 15 is 0 Å². The predicted molar refractivity (Wildman–Crippen MR) is 129 cm³/mol. The molecule has 3 aromatic heterocycles. The Balaban J connectivity index is 1.49. The van der Waals surface area contributed by atoms with Gasteiger partial charge in [-0.2, -0.15) is 4.98 Å². The van der Waals surface area contributed by atoms with Crippen molar-refractivity contribution in [2.45, 2.75) is 24.7 Å². The molecule has 0 bridgehead atoms. The molecule has 0 saturated heterocycles. The van der Waals surface area contributed by atoms with E-state index in [1.165, 1.54) is 11.3 Å². The molecule has 9 nitrogen and oxygen atoms in total. The number of hydrogen-bond acceptors (Lipinski definition) is 9. The van der Waals surface area contributed by atoms with Gasteiger partial charge in [0.15, 0.2) is 12.4 Å². The van der Waals surface area contributed by atoms with Crippen LogP contribution in [0.3, 0.4) is 0 Å². The Morgan fingerprint density at radius 2 is 1.91 bits per heavy atom. The number of H-pyrrole nitrogens is 1. The first-order chi connectivity index (χ1) is 16.6. The molecule has 0 radical (unpaired) electrons. The maximum atomic E-state index is 10.5. The van der Waals surface area contributed by atoms with Crippen LogP contribution < -0.4 is 15.6 Å². The second kappa shape index (κ2) is 9.82. The van der Waals surface area contributed by atoms with E-state index in [-0.39, 0.29) is 6.61 Å². The van der Waals surface area contributed by atoms with Crippen molar-refractivity contribution in [3.63, 3.8) is 0 Å². The molecule has 0 amide bonds. The van der Waals surface area contributed by atoms with Gasteiger partial charge < -0.3 is 26.0 Å². The molecule has 34 heavy (non-hydrogen) atoms. The highest BCUT2D eigenvalue weighted by atomic mass is 32.1. The standard InChI is InChI=1S/C24H24N6O3S/c31-12-15-9-18(21(33)20(15)32)28-22-17(11-26-24(30-22)27-16-7-4-8-25-10-16)23-29-19(13-34-23)14-5-2-1-3-6-14/h1-8,10-11,13,15,18,20-21,31-33H,9,12H2,(H2,26,27,28,30)/p+1/t15-,18-,20-,21+/m1/s1. The molecule has 0 aliphatic heterocycles. The van der Waals surface area contributed by atoms with Crippen LogP contribution in [-0.4, -0.2) is 55.1 Å². The van der Waals surface area contributed by atoms with Crippen molar-refractivity contribution < 1.29 is 20.3 Å². The summed E-state index contributed by atoms with van der Waals surface area (Å²) in [5.41, 5.74) is 3.34. The molecule has 0 spiro atoms. The monoisotopic (exact) mass is 477 g/mol. The molecule has 4 aromatic rings. The summed E-state index contributed by atoms with van der Waals surface area (Å²) in [6, 6.07) is 13.2. The van der Waals surface area contributed by atoms with Gasteiger partial charge in [0, 0.05) is 35.7 Å². The van der Waals surface area contributed by atoms with E-state index < -0.39 is 24.2 Å². The topological polar surface area (TPSA) is 138 Å². The van der Waals surface area contributed by atoms with E-state index in [9.17, 15) is 15.3 Å². The van der Waals surface area contributed by atoms with Crippen LogP contribution in [0.15, 0.2) is 66.4 Å². The van der Waals surface area contributed by atoms with Gasteiger partial charge in [0.25, 0.3) is 0 Å². The first-order valence-corrected chi connectivity index (χ1v) is 11.9. The van der Waals surface area contributed by atoms with Gasteiger partial charge in [-0.1, -0.05) is 30.3 Å². The van der Waals surface area contributed by atoms with Crippen LogP contribution in [0, 0.1) is 5.92 Å². The summed E-state index contributed by atoms with van der Waals surface area (Å²) in [5.74, 6) is 0.457. The van der Waals surface area contributed by atoms with Crippen molar-refractivity contribution in [1.82, 2.24) is 15.0 Å². The number of aromatic nitrogens is 4. The number of aliphatic hydroxyl groups is 3. The summed E-state index contributed by atoms with van der Waals surface area (Å²) >= 11 is 1.48. The molecular formula is C24H25N6O3S+. The first-order valence-electron chi connectivity index (χ1n) is 11.0. The maximum Gasteiger partial charge on any atom is 0.229 e. The van der Waals surface area contributed by atoms with Crippen LogP contribution in [0.4, 0.5) is 17.5 Å². The normalized spacial score (nSPS) is 22.0. The second-order valence-electron chi connectivity index (χ2n) is 8.19. The van der Waals surface area contributed by atoms with Crippen molar-refractivity contribution in [3.05, 3.63) is 66.4 Å². The number of aliphatic hydroxyl groups excluding tert-OH is 3. The van der Waals surface area contributed by atoms with E-state index in [1.807, 2.05) is 47.8 Å². The quantitative estimate of drug-likeness (QED) is 0.274. The highest BCUT2D eigenvalue weighted by Gasteiger charge is 2.41. The molecule has 3 heterocycles. The number of aromatic amines is 1. The summed E-state index contributed by atoms with van der Waals surface area (Å²) in [5, 5.41) is 39.5. The van der Waals surface area contributed by atoms with Crippen LogP contribution >= 0.6 is 11.3 Å². The van der Waals surface area contributed by atoms with Crippen molar-refractivity contribution >= 4 is 28.8 Å². The molecule has 5 rings (SSSR count). The van der Waals surface area contributed by atoms with E-state index in [0.717, 1.165) is 22.0 Å². The number of pyridine rings is 1. The molecule has 1 aromatic carbocycles. The summed E-state index contributed by atoms with van der Waals surface area (Å²) < 4.78 is 0. The molecule has 1 aliphatic carbocycles. The highest BCUT2D eigenvalue weighted by molar-refractivity contribution is 7.13. The third-order valence-corrected chi connectivity index (χ3v) is 6.79. The van der Waals surface area contributed by atoms with Crippen molar-refractivity contribution in [2.75, 3.05) is 17.2 Å². The van der Waals surface area contributed by atoms with Crippen LogP contribution in [0.25, 0.3) is 21.8 Å². The van der Waals surface area contributed by atoms with Gasteiger partial charge in [0.1, 0.15) is 22.6 Å². The Labute approximate surface area is 200 Å². The van der Waals surface area contributed by atoms with Gasteiger partial charge >= 0.3 is 0 Å². The molecular weight excluding hydrogens is 452 g/mol. The Morgan fingerprint density at radius 3 is 2.65 bits per heavy atom. The Kier molecular flexibility index (Phi) is 6.45. The predicted octanol–water partition coefficient (Wildman–Crippen LogP) is 2.34. The molecule has 1 saturated carbocycles. The van der Waals surface area contributed by atoms with Gasteiger partial charge in [-0.25, -0.2) is 15.0 Å². The lowest BCUT2D eigenvalue weighted by atomic mass is 10.1. The van der Waals surface area contributed by atoms with Gasteiger partial charge in [-0.15, -0.1) is 11.3 Å². The van der Waals surface area contributed by atoms with Crippen LogP contribution in [0.5, 0.6) is 0 Å². The fourth-order valence-electron chi connectivity index (χ4n) is 4.07. The zero-order valence-electron chi connectivity index (χ0n) is 18.2. The number of benzene rings is 1. The zero-order valence-corrected chi connectivity index (χ0v) is 19.0. The van der Waals surface area contributed by atoms with Crippen molar-refractivity contribution in [3.8, 4) is 21.8 Å². The number of anilines is 3. The summed E-state index contributed by atoms with van der Waals surface area (Å²) in [7, 11) is 0. The summed E-state index contributed by atoms with van der Waals surface area (Å²) in [6.45, 7) is -0.197. The lowest BCUT2D eigenvalue weighted by Crippen LogP contribution is -2.35. The Bertz CT molecular complexity index is 1240. The SMILES string of the molecule is OC[C@H]1C[C@@H](Nc2nc(Nc3ccc[nH+]c3)ncc2-c2nc(-c3ccccc3)cs2)[C@H](O)[C@@H]1O. The third kappa shape index (κ3) is 4.62. The first kappa shape index (κ1) is 22.4. The van der Waals surface area contributed by atoms with E-state index in [0.29, 0.717) is 23.8 Å². The molecule has 1 aliphatic rings. The number of nitrogens with one attached hydrogen (secondary N) is 3. The van der Waals surface area contributed by atoms with E-state index in [2.05, 4.69) is 25.6 Å². The molecule has 1 fully saturated rings. The molecule has 174 valence electrons. The highest BCUT2D eigenvalue weighted by Crippen LogP contribution is 2.35. The largest absolute Gasteiger partial charge is 0.396 e. The van der Waals surface area contributed by atoms with Gasteiger partial charge in [0.2, 0.25) is 5.95 Å². The van der Waals surface area contributed by atoms with Gasteiger partial charge in [0.05, 0.1) is 23.4 Å². The zero-order chi connectivity index (χ0) is 23.5. The third-order valence-electron chi connectivity index (χ3n) is 5.91. The fraction of sp³-hybridized carbons (Fsp3) is 0.250. The average molecular weight is 478 g/mol. The Morgan fingerprint density at radius 1 is 1.06 bits per heavy atom. The van der Waals surface area contributed by atoms with E-state index in [1.54, 1.807) is 18.6 Å². The fourth-order valence-corrected chi connectivity index (χ4v) is 4.91. The minimum Gasteiger partial charge on any atom is -0.396 e. The van der Waals surface area contributed by atoms with Crippen LogP contribution in [0.2, 0.25) is 0 Å². The average Bonchev–Trinajstić information content (AvgIpc) is 3.46. The summed E-state index contributed by atoms with van der Waals surface area (Å²) in [6.07, 6.45) is 3.66. The number of thiazole rings is 1. The minimum absolute atomic E-state index is 0.197. The number of rotatable bonds is 7. The van der Waals surface area contributed by atoms with Crippen molar-refractivity contribution in [2.24, 2.45) is 5.92 Å². The smallest absolute Gasteiger partial charge is 0.229 e. The van der Waals surface area contributed by atoms with Gasteiger partial charge in [-0.3, -0.25) is 0 Å². The van der Waals surface area contributed by atoms with Gasteiger partial charge in [-0.05, 0) is 12.5 Å².